The number of para-hydroxylation sites is 1. The molecule has 5 rings (SSSR count). The Balaban J connectivity index is 1.38. The molecule has 2 aliphatic heterocycles. The fourth-order valence-electron chi connectivity index (χ4n) is 6.43. The third-order valence-electron chi connectivity index (χ3n) is 8.96. The van der Waals surface area contributed by atoms with Crippen LogP contribution in [0.4, 0.5) is 10.5 Å². The lowest BCUT2D eigenvalue weighted by Gasteiger charge is -2.39. The van der Waals surface area contributed by atoms with E-state index in [1.165, 1.54) is 4.90 Å². The molecule has 0 bridgehead atoms. The van der Waals surface area contributed by atoms with Gasteiger partial charge in [0.25, 0.3) is 0 Å². The molecule has 0 radical (unpaired) electrons. The molecule has 11 heteroatoms. The number of hydrogen-bond donors (Lipinski definition) is 1. The lowest BCUT2D eigenvalue weighted by Crippen LogP contribution is -2.53. The molecular formula is C37H51N3O8. The maximum absolute atomic E-state index is 14.5. The first-order valence-electron chi connectivity index (χ1n) is 17.1. The lowest BCUT2D eigenvalue weighted by atomic mass is 9.87. The van der Waals surface area contributed by atoms with Gasteiger partial charge in [-0.1, -0.05) is 12.1 Å². The number of aryl methyl sites for hydroxylation is 1. The molecule has 1 N–H and O–H groups in total. The molecule has 2 atom stereocenters. The van der Waals surface area contributed by atoms with Crippen molar-refractivity contribution in [3.8, 4) is 17.2 Å². The summed E-state index contributed by atoms with van der Waals surface area (Å²) >= 11 is 0. The van der Waals surface area contributed by atoms with Crippen molar-refractivity contribution in [2.45, 2.75) is 84.4 Å². The number of carbonyl (C=O) groups is 3. The third-order valence-corrected chi connectivity index (χ3v) is 8.96. The normalized spacial score (nSPS) is 19.1. The Morgan fingerprint density at radius 3 is 2.52 bits per heavy atom. The van der Waals surface area contributed by atoms with Gasteiger partial charge in [-0.15, -0.1) is 0 Å². The monoisotopic (exact) mass is 665 g/mol. The minimum Gasteiger partial charge on any atom is -0.495 e. The number of anilines is 1. The summed E-state index contributed by atoms with van der Waals surface area (Å²) in [6.07, 6.45) is 4.16. The van der Waals surface area contributed by atoms with E-state index in [-0.39, 0.29) is 30.9 Å². The fourth-order valence-corrected chi connectivity index (χ4v) is 6.43. The molecule has 2 fully saturated rings. The second-order valence-corrected chi connectivity index (χ2v) is 14.1. The van der Waals surface area contributed by atoms with Gasteiger partial charge in [-0.3, -0.25) is 9.59 Å². The number of carbonyl (C=O) groups excluding carboxylic acids is 3. The van der Waals surface area contributed by atoms with Crippen molar-refractivity contribution in [2.24, 2.45) is 11.8 Å². The number of fused-ring (bicyclic) bond motifs is 1. The van der Waals surface area contributed by atoms with Crippen molar-refractivity contribution >= 4 is 23.6 Å². The van der Waals surface area contributed by atoms with Crippen LogP contribution >= 0.6 is 0 Å². The summed E-state index contributed by atoms with van der Waals surface area (Å²) in [6.45, 7) is 9.80. The van der Waals surface area contributed by atoms with Crippen LogP contribution in [0.25, 0.3) is 0 Å². The molecule has 2 aromatic carbocycles. The molecule has 3 aliphatic rings. The Bertz CT molecular complexity index is 1470. The highest BCUT2D eigenvalue weighted by Crippen LogP contribution is 2.38. The number of piperidine rings is 1. The molecular weight excluding hydrogens is 614 g/mol. The number of likely N-dealkylation sites (tertiary alicyclic amines) is 1. The van der Waals surface area contributed by atoms with Crippen molar-refractivity contribution in [2.75, 3.05) is 52.4 Å². The number of hydrogen-bond acceptors (Lipinski definition) is 8. The molecule has 48 heavy (non-hydrogen) atoms. The number of amides is 3. The molecule has 2 aromatic rings. The maximum Gasteiger partial charge on any atom is 0.410 e. The smallest absolute Gasteiger partial charge is 0.410 e. The van der Waals surface area contributed by atoms with Gasteiger partial charge < -0.3 is 38.8 Å². The van der Waals surface area contributed by atoms with E-state index in [9.17, 15) is 14.4 Å². The molecule has 0 spiro atoms. The molecule has 1 aliphatic carbocycles. The molecule has 262 valence electrons. The van der Waals surface area contributed by atoms with Crippen molar-refractivity contribution in [3.63, 3.8) is 0 Å². The first-order valence-corrected chi connectivity index (χ1v) is 17.1. The SMILES string of the molecule is COCCCOc1cc(CN(C(=O)[C@@H]2C[C@H](C(=O)Nc3c(C)cccc3OC)CN(C(=O)OC(C)(C)C)C2)C2CC2)cc2c1CCCO2. The Morgan fingerprint density at radius 1 is 1.04 bits per heavy atom. The number of nitrogens with zero attached hydrogens (tertiary/aromatic N) is 2. The van der Waals surface area contributed by atoms with Gasteiger partial charge >= 0.3 is 6.09 Å². The average molecular weight is 666 g/mol. The molecule has 2 heterocycles. The van der Waals surface area contributed by atoms with Gasteiger partial charge in [0.1, 0.15) is 22.8 Å². The average Bonchev–Trinajstić information content (AvgIpc) is 3.90. The van der Waals surface area contributed by atoms with Crippen LogP contribution in [0, 0.1) is 18.8 Å². The first-order chi connectivity index (χ1) is 23.0. The number of ether oxygens (including phenoxy) is 5. The van der Waals surface area contributed by atoms with E-state index in [4.69, 9.17) is 23.7 Å². The fraction of sp³-hybridized carbons (Fsp3) is 0.595. The second kappa shape index (κ2) is 15.5. The quantitative estimate of drug-likeness (QED) is 0.285. The Morgan fingerprint density at radius 2 is 1.81 bits per heavy atom. The van der Waals surface area contributed by atoms with Gasteiger partial charge in [-0.25, -0.2) is 4.79 Å². The predicted octanol–water partition coefficient (Wildman–Crippen LogP) is 5.75. The van der Waals surface area contributed by atoms with Crippen molar-refractivity contribution in [3.05, 3.63) is 47.0 Å². The maximum atomic E-state index is 14.5. The van der Waals surface area contributed by atoms with E-state index < -0.39 is 23.5 Å². The van der Waals surface area contributed by atoms with Gasteiger partial charge in [0.15, 0.2) is 0 Å². The first kappa shape index (κ1) is 35.3. The molecule has 0 unspecified atom stereocenters. The number of methoxy groups -OCH3 is 2. The molecule has 1 saturated heterocycles. The molecule has 1 saturated carbocycles. The van der Waals surface area contributed by atoms with Gasteiger partial charge in [-0.2, -0.15) is 0 Å². The van der Waals surface area contributed by atoms with E-state index in [1.807, 2.05) is 36.1 Å². The van der Waals surface area contributed by atoms with Crippen LogP contribution in [0.1, 0.15) is 69.6 Å². The van der Waals surface area contributed by atoms with Gasteiger partial charge in [0.05, 0.1) is 37.8 Å². The molecule has 3 amide bonds. The molecule has 0 aromatic heterocycles. The summed E-state index contributed by atoms with van der Waals surface area (Å²) in [5.41, 5.74) is 2.70. The zero-order valence-corrected chi connectivity index (χ0v) is 29.3. The lowest BCUT2D eigenvalue weighted by molar-refractivity contribution is -0.140. The van der Waals surface area contributed by atoms with Crippen LogP contribution in [0.2, 0.25) is 0 Å². The van der Waals surface area contributed by atoms with Crippen molar-refractivity contribution in [1.82, 2.24) is 9.80 Å². The Kier molecular flexibility index (Phi) is 11.4. The van der Waals surface area contributed by atoms with Gasteiger partial charge in [0.2, 0.25) is 11.8 Å². The van der Waals surface area contributed by atoms with Crippen LogP contribution in [0.15, 0.2) is 30.3 Å². The topological polar surface area (TPSA) is 116 Å². The highest BCUT2D eigenvalue weighted by molar-refractivity contribution is 5.96. The summed E-state index contributed by atoms with van der Waals surface area (Å²) in [5.74, 6) is 0.591. The third kappa shape index (κ3) is 8.92. The minimum absolute atomic E-state index is 0.0711. The van der Waals surface area contributed by atoms with E-state index in [0.29, 0.717) is 44.2 Å². The van der Waals surface area contributed by atoms with Gasteiger partial charge in [0, 0.05) is 51.4 Å². The van der Waals surface area contributed by atoms with E-state index in [1.54, 1.807) is 41.1 Å². The summed E-state index contributed by atoms with van der Waals surface area (Å²) in [5, 5.41) is 3.03. The van der Waals surface area contributed by atoms with E-state index in [0.717, 1.165) is 60.3 Å². The van der Waals surface area contributed by atoms with E-state index >= 15 is 0 Å². The minimum atomic E-state index is -0.724. The number of benzene rings is 2. The Labute approximate surface area is 284 Å². The summed E-state index contributed by atoms with van der Waals surface area (Å²) in [6, 6.07) is 9.70. The summed E-state index contributed by atoms with van der Waals surface area (Å²) in [4.78, 5) is 45.1. The Hall–Kier alpha value is -3.99. The summed E-state index contributed by atoms with van der Waals surface area (Å²) in [7, 11) is 3.23. The number of rotatable bonds is 12. The zero-order valence-electron chi connectivity index (χ0n) is 29.3. The van der Waals surface area contributed by atoms with Crippen LogP contribution in [-0.4, -0.2) is 86.5 Å². The van der Waals surface area contributed by atoms with Crippen LogP contribution in [0.3, 0.4) is 0 Å². The summed E-state index contributed by atoms with van der Waals surface area (Å²) < 4.78 is 28.6. The molecule has 11 nitrogen and oxygen atoms in total. The van der Waals surface area contributed by atoms with Gasteiger partial charge in [-0.05, 0) is 89.1 Å². The zero-order chi connectivity index (χ0) is 34.4. The second-order valence-electron chi connectivity index (χ2n) is 14.1. The highest BCUT2D eigenvalue weighted by atomic mass is 16.6. The van der Waals surface area contributed by atoms with Crippen LogP contribution in [0.5, 0.6) is 17.2 Å². The van der Waals surface area contributed by atoms with E-state index in [2.05, 4.69) is 5.32 Å². The standard InChI is InChI=1S/C37H51N3O8/c1-24-10-7-12-30(45-6)33(24)38-34(41)26-20-27(23-39(22-26)36(43)48-37(2,3)4)35(42)40(28-13-14-28)21-25-18-31-29(11-8-16-46-31)32(19-25)47-17-9-15-44-5/h7,10,12,18-19,26-28H,8-9,11,13-17,20-23H2,1-6H3,(H,38,41)/t26-,27+/m0/s1. The largest absolute Gasteiger partial charge is 0.495 e. The van der Waals surface area contributed by atoms with Crippen molar-refractivity contribution in [1.29, 1.82) is 0 Å². The van der Waals surface area contributed by atoms with Crippen LogP contribution < -0.4 is 19.5 Å². The highest BCUT2D eigenvalue weighted by Gasteiger charge is 2.43. The van der Waals surface area contributed by atoms with Crippen LogP contribution in [-0.2, 0) is 32.0 Å². The van der Waals surface area contributed by atoms with Crippen molar-refractivity contribution < 1.29 is 38.1 Å². The number of nitrogens with one attached hydrogen (secondary N) is 1. The predicted molar refractivity (Wildman–Crippen MR) is 182 cm³/mol.